The van der Waals surface area contributed by atoms with Gasteiger partial charge in [0, 0.05) is 18.8 Å². The average Bonchev–Trinajstić information content (AvgIpc) is 2.92. The van der Waals surface area contributed by atoms with Crippen LogP contribution in [0.2, 0.25) is 0 Å². The van der Waals surface area contributed by atoms with E-state index < -0.39 is 11.9 Å². The quantitative estimate of drug-likeness (QED) is 0.928. The van der Waals surface area contributed by atoms with Crippen LogP contribution in [-0.4, -0.2) is 44.8 Å². The first-order valence-electron chi connectivity index (χ1n) is 8.23. The molecule has 1 aliphatic heterocycles. The number of hydrogen-bond acceptors (Lipinski definition) is 3. The van der Waals surface area contributed by atoms with E-state index in [1.54, 1.807) is 4.90 Å². The van der Waals surface area contributed by atoms with Gasteiger partial charge in [-0.1, -0.05) is 13.8 Å². The highest BCUT2D eigenvalue weighted by Crippen LogP contribution is 2.25. The number of aromatic nitrogens is 2. The van der Waals surface area contributed by atoms with Crippen molar-refractivity contribution < 1.29 is 14.7 Å². The first-order valence-corrected chi connectivity index (χ1v) is 8.23. The van der Waals surface area contributed by atoms with E-state index in [-0.39, 0.29) is 23.9 Å². The number of piperidine rings is 1. The fraction of sp³-hybridized carbons (Fsp3) is 0.706. The lowest BCUT2D eigenvalue weighted by molar-refractivity contribution is -0.143. The van der Waals surface area contributed by atoms with Crippen molar-refractivity contribution in [2.75, 3.05) is 13.1 Å². The lowest BCUT2D eigenvalue weighted by Gasteiger charge is -2.30. The fourth-order valence-corrected chi connectivity index (χ4v) is 2.97. The van der Waals surface area contributed by atoms with Crippen molar-refractivity contribution in [3.8, 4) is 0 Å². The van der Waals surface area contributed by atoms with Crippen LogP contribution in [0.1, 0.15) is 69.6 Å². The minimum Gasteiger partial charge on any atom is -0.481 e. The van der Waals surface area contributed by atoms with E-state index >= 15 is 0 Å². The molecule has 0 aliphatic carbocycles. The van der Waals surface area contributed by atoms with Gasteiger partial charge in [0.25, 0.3) is 5.91 Å². The minimum atomic E-state index is -0.828. The molecule has 6 heteroatoms. The summed E-state index contributed by atoms with van der Waals surface area (Å²) < 4.78 is 1.91. The molecule has 23 heavy (non-hydrogen) atoms. The average molecular weight is 321 g/mol. The van der Waals surface area contributed by atoms with Crippen molar-refractivity contribution >= 4 is 11.9 Å². The molecule has 1 unspecified atom stereocenters. The van der Waals surface area contributed by atoms with Crippen LogP contribution < -0.4 is 0 Å². The summed E-state index contributed by atoms with van der Waals surface area (Å²) in [5.74, 6) is -1.20. The Kier molecular flexibility index (Phi) is 4.82. The van der Waals surface area contributed by atoms with Crippen LogP contribution in [0.5, 0.6) is 0 Å². The molecule has 0 saturated carbocycles. The van der Waals surface area contributed by atoms with Gasteiger partial charge >= 0.3 is 5.97 Å². The highest BCUT2D eigenvalue weighted by atomic mass is 16.4. The van der Waals surface area contributed by atoms with Crippen LogP contribution in [-0.2, 0) is 10.3 Å². The van der Waals surface area contributed by atoms with Gasteiger partial charge in [-0.05, 0) is 45.6 Å². The molecule has 1 aromatic heterocycles. The maximum atomic E-state index is 12.7. The molecular formula is C17H27N3O3. The molecule has 6 nitrogen and oxygen atoms in total. The van der Waals surface area contributed by atoms with Crippen LogP contribution in [0, 0.1) is 5.92 Å². The molecule has 2 heterocycles. The normalized spacial score (nSPS) is 19.2. The van der Waals surface area contributed by atoms with Gasteiger partial charge in [-0.15, -0.1) is 0 Å². The highest BCUT2D eigenvalue weighted by molar-refractivity contribution is 5.92. The number of carbonyl (C=O) groups is 2. The molecule has 1 saturated heterocycles. The van der Waals surface area contributed by atoms with Crippen LogP contribution in [0.15, 0.2) is 6.07 Å². The minimum absolute atomic E-state index is 0.166. The second-order valence-corrected chi connectivity index (χ2v) is 7.62. The van der Waals surface area contributed by atoms with Gasteiger partial charge in [0.15, 0.2) is 5.69 Å². The van der Waals surface area contributed by atoms with Crippen LogP contribution in [0.3, 0.4) is 0 Å². The Bertz CT molecular complexity index is 599. The van der Waals surface area contributed by atoms with Gasteiger partial charge in [-0.3, -0.25) is 14.3 Å². The lowest BCUT2D eigenvalue weighted by atomic mass is 9.98. The molecule has 0 spiro atoms. The Morgan fingerprint density at radius 2 is 2.00 bits per heavy atom. The second kappa shape index (κ2) is 6.34. The van der Waals surface area contributed by atoms with E-state index in [0.717, 1.165) is 12.1 Å². The molecule has 0 radical (unpaired) electrons. The third-order valence-electron chi connectivity index (χ3n) is 4.24. The van der Waals surface area contributed by atoms with Gasteiger partial charge in [0.2, 0.25) is 0 Å². The topological polar surface area (TPSA) is 75.4 Å². The summed E-state index contributed by atoms with van der Waals surface area (Å²) in [5, 5.41) is 13.7. The predicted octanol–water partition coefficient (Wildman–Crippen LogP) is 2.70. The summed E-state index contributed by atoms with van der Waals surface area (Å²) in [4.78, 5) is 25.5. The van der Waals surface area contributed by atoms with E-state index in [0.29, 0.717) is 18.7 Å². The number of rotatable bonds is 3. The van der Waals surface area contributed by atoms with Gasteiger partial charge in [-0.25, -0.2) is 0 Å². The number of carboxylic acid groups (broad SMARTS) is 1. The molecule has 0 bridgehead atoms. The third kappa shape index (κ3) is 3.74. The summed E-state index contributed by atoms with van der Waals surface area (Å²) in [6.45, 7) is 11.2. The van der Waals surface area contributed by atoms with E-state index in [1.807, 2.05) is 10.7 Å². The molecule has 0 aromatic carbocycles. The Hall–Kier alpha value is -1.85. The number of amides is 1. The Balaban J connectivity index is 2.27. The summed E-state index contributed by atoms with van der Waals surface area (Å²) >= 11 is 0. The zero-order valence-corrected chi connectivity index (χ0v) is 14.7. The maximum absolute atomic E-state index is 12.7. The summed E-state index contributed by atoms with van der Waals surface area (Å²) in [7, 11) is 0. The van der Waals surface area contributed by atoms with Crippen LogP contribution in [0.4, 0.5) is 0 Å². The molecule has 1 aromatic rings. The third-order valence-corrected chi connectivity index (χ3v) is 4.24. The van der Waals surface area contributed by atoms with Crippen molar-refractivity contribution in [1.82, 2.24) is 14.7 Å². The summed E-state index contributed by atoms with van der Waals surface area (Å²) in [6.07, 6.45) is 1.35. The molecule has 1 aliphatic rings. The zero-order chi connectivity index (χ0) is 17.4. The zero-order valence-electron chi connectivity index (χ0n) is 14.7. The predicted molar refractivity (Wildman–Crippen MR) is 87.6 cm³/mol. The monoisotopic (exact) mass is 321 g/mol. The van der Waals surface area contributed by atoms with E-state index in [4.69, 9.17) is 0 Å². The first-order chi connectivity index (χ1) is 10.6. The van der Waals surface area contributed by atoms with Crippen LogP contribution in [0.25, 0.3) is 0 Å². The van der Waals surface area contributed by atoms with Crippen molar-refractivity contribution in [3.63, 3.8) is 0 Å². The van der Waals surface area contributed by atoms with Crippen molar-refractivity contribution in [2.24, 2.45) is 5.92 Å². The second-order valence-electron chi connectivity index (χ2n) is 7.62. The number of carbonyl (C=O) groups excluding carboxylic acids is 1. The van der Waals surface area contributed by atoms with Crippen molar-refractivity contribution in [1.29, 1.82) is 0 Å². The first kappa shape index (κ1) is 17.5. The largest absolute Gasteiger partial charge is 0.481 e. The summed E-state index contributed by atoms with van der Waals surface area (Å²) in [6, 6.07) is 1.85. The molecule has 1 N–H and O–H groups in total. The summed E-state index contributed by atoms with van der Waals surface area (Å²) in [5.41, 5.74) is 1.23. The van der Waals surface area contributed by atoms with Gasteiger partial charge in [0.05, 0.1) is 11.5 Å². The number of nitrogens with zero attached hydrogens (tertiary/aromatic N) is 3. The number of likely N-dealkylation sites (tertiary alicyclic amines) is 1. The molecular weight excluding hydrogens is 294 g/mol. The van der Waals surface area contributed by atoms with E-state index in [1.165, 1.54) is 0 Å². The van der Waals surface area contributed by atoms with Gasteiger partial charge < -0.3 is 10.0 Å². The van der Waals surface area contributed by atoms with Gasteiger partial charge in [0.1, 0.15) is 0 Å². The highest BCUT2D eigenvalue weighted by Gasteiger charge is 2.31. The Morgan fingerprint density at radius 1 is 1.35 bits per heavy atom. The van der Waals surface area contributed by atoms with Crippen LogP contribution >= 0.6 is 0 Å². The lowest BCUT2D eigenvalue weighted by Crippen LogP contribution is -2.42. The Labute approximate surface area is 137 Å². The number of aliphatic carboxylic acids is 1. The Morgan fingerprint density at radius 3 is 2.48 bits per heavy atom. The number of carboxylic acids is 1. The standard InChI is InChI=1S/C17H27N3O3/c1-11(2)14-9-13(18-20(14)17(3,4)5)15(21)19-8-6-7-12(10-19)16(22)23/h9,11-12H,6-8,10H2,1-5H3,(H,22,23). The van der Waals surface area contributed by atoms with E-state index in [2.05, 4.69) is 39.7 Å². The number of hydrogen-bond donors (Lipinski definition) is 1. The molecule has 128 valence electrons. The molecule has 2 rings (SSSR count). The fourth-order valence-electron chi connectivity index (χ4n) is 2.97. The molecule has 1 fully saturated rings. The van der Waals surface area contributed by atoms with Crippen molar-refractivity contribution in [3.05, 3.63) is 17.5 Å². The molecule has 1 atom stereocenters. The van der Waals surface area contributed by atoms with E-state index in [9.17, 15) is 14.7 Å². The SMILES string of the molecule is CC(C)c1cc(C(=O)N2CCCC(C(=O)O)C2)nn1C(C)(C)C. The molecule has 1 amide bonds. The maximum Gasteiger partial charge on any atom is 0.308 e. The van der Waals surface area contributed by atoms with Gasteiger partial charge in [-0.2, -0.15) is 5.10 Å². The smallest absolute Gasteiger partial charge is 0.308 e. The van der Waals surface area contributed by atoms with Crippen molar-refractivity contribution in [2.45, 2.75) is 58.9 Å².